The summed E-state index contributed by atoms with van der Waals surface area (Å²) in [6.07, 6.45) is 2.64. The summed E-state index contributed by atoms with van der Waals surface area (Å²) in [7, 11) is 0. The Kier molecular flexibility index (Phi) is 4.35. The zero-order chi connectivity index (χ0) is 13.7. The molecule has 1 aromatic heterocycles. The molecule has 2 rings (SSSR count). The zero-order valence-electron chi connectivity index (χ0n) is 10.3. The summed E-state index contributed by atoms with van der Waals surface area (Å²) >= 11 is 0. The summed E-state index contributed by atoms with van der Waals surface area (Å²) in [5.41, 5.74) is 0.809. The first-order valence-electron chi connectivity index (χ1n) is 5.98. The lowest BCUT2D eigenvalue weighted by Gasteiger charge is -2.32. The molecule has 2 amide bonds. The van der Waals surface area contributed by atoms with Crippen molar-refractivity contribution in [1.29, 1.82) is 0 Å². The lowest BCUT2D eigenvalue weighted by atomic mass is 10.2. The maximum atomic E-state index is 11.9. The fraction of sp³-hybridized carbons (Fsp3) is 0.545. The minimum Gasteiger partial charge on any atom is -0.481 e. The summed E-state index contributed by atoms with van der Waals surface area (Å²) in [5, 5.41) is 11.5. The van der Waals surface area contributed by atoms with Gasteiger partial charge in [-0.3, -0.25) is 4.79 Å². The van der Waals surface area contributed by atoms with E-state index in [4.69, 9.17) is 9.84 Å². The number of amides is 2. The normalized spacial score (nSPS) is 19.2. The number of carbonyl (C=O) groups is 2. The van der Waals surface area contributed by atoms with Gasteiger partial charge in [0.1, 0.15) is 0 Å². The maximum Gasteiger partial charge on any atom is 0.317 e. The van der Waals surface area contributed by atoms with Crippen LogP contribution in [0.1, 0.15) is 12.1 Å². The first-order valence-corrected chi connectivity index (χ1v) is 5.98. The largest absolute Gasteiger partial charge is 0.481 e. The predicted octanol–water partition coefficient (Wildman–Crippen LogP) is -0.205. The van der Waals surface area contributed by atoms with E-state index in [2.05, 4.69) is 15.3 Å². The molecule has 8 heteroatoms. The Bertz CT molecular complexity index is 434. The molecule has 0 spiro atoms. The van der Waals surface area contributed by atoms with Crippen molar-refractivity contribution < 1.29 is 19.4 Å². The first kappa shape index (κ1) is 13.3. The van der Waals surface area contributed by atoms with Crippen LogP contribution in [0.15, 0.2) is 12.5 Å². The number of carboxylic acid groups (broad SMARTS) is 1. The molecule has 1 aromatic rings. The number of aromatic amines is 1. The molecular formula is C11H16N4O4. The van der Waals surface area contributed by atoms with Crippen molar-refractivity contribution in [1.82, 2.24) is 20.2 Å². The van der Waals surface area contributed by atoms with Gasteiger partial charge < -0.3 is 25.0 Å². The Hall–Kier alpha value is -2.09. The summed E-state index contributed by atoms with van der Waals surface area (Å²) < 4.78 is 5.30. The minimum atomic E-state index is -0.926. The molecule has 1 saturated heterocycles. The second-order valence-corrected chi connectivity index (χ2v) is 4.27. The fourth-order valence-corrected chi connectivity index (χ4v) is 1.89. The zero-order valence-corrected chi connectivity index (χ0v) is 10.3. The minimum absolute atomic E-state index is 0.0929. The highest BCUT2D eigenvalue weighted by Crippen LogP contribution is 2.09. The van der Waals surface area contributed by atoms with E-state index in [1.807, 2.05) is 0 Å². The standard InChI is InChI=1S/C11H16N4O4/c16-10(17)3-9-6-15(1-2-19-9)11(18)13-5-8-4-12-7-14-8/h4,7,9H,1-3,5-6H2,(H,12,14)(H,13,18)(H,16,17). The molecule has 0 aliphatic carbocycles. The van der Waals surface area contributed by atoms with E-state index in [0.29, 0.717) is 26.2 Å². The van der Waals surface area contributed by atoms with Crippen molar-refractivity contribution in [2.75, 3.05) is 19.7 Å². The number of aliphatic carboxylic acids is 1. The van der Waals surface area contributed by atoms with Crippen molar-refractivity contribution in [3.8, 4) is 0 Å². The van der Waals surface area contributed by atoms with Gasteiger partial charge >= 0.3 is 12.0 Å². The quantitative estimate of drug-likeness (QED) is 0.700. The van der Waals surface area contributed by atoms with E-state index < -0.39 is 12.1 Å². The van der Waals surface area contributed by atoms with Crippen LogP contribution in [-0.4, -0.2) is 57.8 Å². The topological polar surface area (TPSA) is 108 Å². The summed E-state index contributed by atoms with van der Waals surface area (Å²) in [6.45, 7) is 1.47. The van der Waals surface area contributed by atoms with Crippen LogP contribution in [0.2, 0.25) is 0 Å². The SMILES string of the molecule is O=C(O)CC1CN(C(=O)NCc2cnc[nH]2)CCO1. The van der Waals surface area contributed by atoms with Crippen LogP contribution in [0.3, 0.4) is 0 Å². The van der Waals surface area contributed by atoms with Gasteiger partial charge in [-0.15, -0.1) is 0 Å². The van der Waals surface area contributed by atoms with Gasteiger partial charge in [-0.25, -0.2) is 9.78 Å². The van der Waals surface area contributed by atoms with Gasteiger partial charge in [0.15, 0.2) is 0 Å². The molecule has 19 heavy (non-hydrogen) atoms. The third-order valence-electron chi connectivity index (χ3n) is 2.81. The number of nitrogens with one attached hydrogen (secondary N) is 2. The second-order valence-electron chi connectivity index (χ2n) is 4.27. The van der Waals surface area contributed by atoms with Crippen LogP contribution in [0.5, 0.6) is 0 Å². The Morgan fingerprint density at radius 3 is 3.16 bits per heavy atom. The molecule has 2 heterocycles. The number of nitrogens with zero attached hydrogens (tertiary/aromatic N) is 2. The van der Waals surface area contributed by atoms with Crippen molar-refractivity contribution >= 4 is 12.0 Å². The highest BCUT2D eigenvalue weighted by molar-refractivity contribution is 5.74. The Labute approximate surface area is 109 Å². The number of rotatable bonds is 4. The number of morpholine rings is 1. The van der Waals surface area contributed by atoms with Crippen molar-refractivity contribution in [3.63, 3.8) is 0 Å². The molecule has 0 saturated carbocycles. The Balaban J connectivity index is 1.79. The number of carboxylic acids is 1. The fourth-order valence-electron chi connectivity index (χ4n) is 1.89. The van der Waals surface area contributed by atoms with Gasteiger partial charge in [0, 0.05) is 19.3 Å². The molecule has 1 aliphatic heterocycles. The van der Waals surface area contributed by atoms with E-state index in [0.717, 1.165) is 5.69 Å². The molecule has 0 aromatic carbocycles. The van der Waals surface area contributed by atoms with Crippen LogP contribution >= 0.6 is 0 Å². The lowest BCUT2D eigenvalue weighted by molar-refractivity contribution is -0.141. The summed E-state index contributed by atoms with van der Waals surface area (Å²) in [4.78, 5) is 30.8. The van der Waals surface area contributed by atoms with Gasteiger partial charge in [0.2, 0.25) is 0 Å². The lowest BCUT2D eigenvalue weighted by Crippen LogP contribution is -2.49. The molecule has 1 fully saturated rings. The molecule has 1 unspecified atom stereocenters. The number of hydrogen-bond acceptors (Lipinski definition) is 4. The average molecular weight is 268 g/mol. The van der Waals surface area contributed by atoms with Crippen LogP contribution in [0.25, 0.3) is 0 Å². The molecule has 1 atom stereocenters. The third-order valence-corrected chi connectivity index (χ3v) is 2.81. The molecular weight excluding hydrogens is 252 g/mol. The number of H-pyrrole nitrogens is 1. The molecule has 0 bridgehead atoms. The number of aromatic nitrogens is 2. The number of carbonyl (C=O) groups excluding carboxylic acids is 1. The van der Waals surface area contributed by atoms with Gasteiger partial charge in [-0.1, -0.05) is 0 Å². The third kappa shape index (κ3) is 3.95. The van der Waals surface area contributed by atoms with Gasteiger partial charge in [-0.2, -0.15) is 0 Å². The number of hydrogen-bond donors (Lipinski definition) is 3. The van der Waals surface area contributed by atoms with E-state index >= 15 is 0 Å². The smallest absolute Gasteiger partial charge is 0.317 e. The van der Waals surface area contributed by atoms with Gasteiger partial charge in [-0.05, 0) is 0 Å². The van der Waals surface area contributed by atoms with Gasteiger partial charge in [0.05, 0.1) is 37.7 Å². The van der Waals surface area contributed by atoms with Crippen LogP contribution in [-0.2, 0) is 16.1 Å². The number of ether oxygens (including phenoxy) is 1. The molecule has 3 N–H and O–H groups in total. The van der Waals surface area contributed by atoms with Crippen LogP contribution < -0.4 is 5.32 Å². The highest BCUT2D eigenvalue weighted by Gasteiger charge is 2.25. The van der Waals surface area contributed by atoms with Gasteiger partial charge in [0.25, 0.3) is 0 Å². The predicted molar refractivity (Wildman–Crippen MR) is 64.4 cm³/mol. The van der Waals surface area contributed by atoms with Crippen LogP contribution in [0, 0.1) is 0 Å². The Morgan fingerprint density at radius 2 is 2.47 bits per heavy atom. The molecule has 104 valence electrons. The monoisotopic (exact) mass is 268 g/mol. The highest BCUT2D eigenvalue weighted by atomic mass is 16.5. The van der Waals surface area contributed by atoms with Crippen molar-refractivity contribution in [2.45, 2.75) is 19.1 Å². The number of imidazole rings is 1. The van der Waals surface area contributed by atoms with Crippen molar-refractivity contribution in [3.05, 3.63) is 18.2 Å². The Morgan fingerprint density at radius 1 is 1.63 bits per heavy atom. The first-order chi connectivity index (χ1) is 9.15. The molecule has 1 aliphatic rings. The maximum absolute atomic E-state index is 11.9. The average Bonchev–Trinajstić information content (AvgIpc) is 2.88. The van der Waals surface area contributed by atoms with E-state index in [-0.39, 0.29) is 12.5 Å². The summed E-state index contributed by atoms with van der Waals surface area (Å²) in [5.74, 6) is -0.926. The van der Waals surface area contributed by atoms with E-state index in [9.17, 15) is 9.59 Å². The van der Waals surface area contributed by atoms with E-state index in [1.165, 1.54) is 0 Å². The molecule has 0 radical (unpaired) electrons. The summed E-state index contributed by atoms with van der Waals surface area (Å²) in [6, 6.07) is -0.228. The molecule has 8 nitrogen and oxygen atoms in total. The van der Waals surface area contributed by atoms with Crippen LogP contribution in [0.4, 0.5) is 4.79 Å². The second kappa shape index (κ2) is 6.19. The van der Waals surface area contributed by atoms with E-state index in [1.54, 1.807) is 17.4 Å². The van der Waals surface area contributed by atoms with Crippen molar-refractivity contribution in [2.24, 2.45) is 0 Å². The number of urea groups is 1.